The third-order valence-corrected chi connectivity index (χ3v) is 4.28. The number of nitrogens with one attached hydrogen (secondary N) is 1. The monoisotopic (exact) mass is 265 g/mol. The van der Waals surface area contributed by atoms with E-state index >= 15 is 0 Å². The fourth-order valence-corrected chi connectivity index (χ4v) is 3.07. The second-order valence-electron chi connectivity index (χ2n) is 6.06. The normalized spacial score (nSPS) is 28.7. The van der Waals surface area contributed by atoms with Gasteiger partial charge < -0.3 is 5.32 Å². The topological polar surface area (TPSA) is 46.0 Å². The molecule has 1 aliphatic heterocycles. The molecule has 1 saturated heterocycles. The Hall–Kier alpha value is -0.940. The predicted molar refractivity (Wildman–Crippen MR) is 76.8 cm³/mol. The number of nitrogens with zero attached hydrogens (tertiary/aromatic N) is 4. The predicted octanol–water partition coefficient (Wildman–Crippen LogP) is 1.36. The van der Waals surface area contributed by atoms with Crippen molar-refractivity contribution in [2.75, 3.05) is 20.1 Å². The van der Waals surface area contributed by atoms with Gasteiger partial charge in [0.25, 0.3) is 0 Å². The van der Waals surface area contributed by atoms with Crippen LogP contribution in [0.3, 0.4) is 0 Å². The van der Waals surface area contributed by atoms with Crippen LogP contribution in [0.2, 0.25) is 0 Å². The highest BCUT2D eigenvalue weighted by Gasteiger charge is 2.28. The van der Waals surface area contributed by atoms with Crippen molar-refractivity contribution in [1.82, 2.24) is 25.2 Å². The Balaban J connectivity index is 1.86. The minimum atomic E-state index is 0.677. The minimum Gasteiger partial charge on any atom is -0.314 e. The number of rotatable bonds is 5. The first-order valence-electron chi connectivity index (χ1n) is 7.37. The Kier molecular flexibility index (Phi) is 4.93. The van der Waals surface area contributed by atoms with Gasteiger partial charge >= 0.3 is 0 Å². The number of hydrogen-bond donors (Lipinski definition) is 1. The van der Waals surface area contributed by atoms with Crippen molar-refractivity contribution < 1.29 is 0 Å². The summed E-state index contributed by atoms with van der Waals surface area (Å²) >= 11 is 0. The molecule has 0 saturated carbocycles. The van der Waals surface area contributed by atoms with Gasteiger partial charge in [-0.1, -0.05) is 19.1 Å². The van der Waals surface area contributed by atoms with Crippen LogP contribution in [0, 0.1) is 11.8 Å². The van der Waals surface area contributed by atoms with E-state index in [1.807, 2.05) is 17.9 Å². The highest BCUT2D eigenvalue weighted by atomic mass is 15.4. The Morgan fingerprint density at radius 3 is 2.84 bits per heavy atom. The maximum atomic E-state index is 4.18. The second-order valence-corrected chi connectivity index (χ2v) is 6.06. The van der Waals surface area contributed by atoms with E-state index < -0.39 is 0 Å². The molecule has 3 atom stereocenters. The first-order chi connectivity index (χ1) is 9.10. The molecule has 0 bridgehead atoms. The van der Waals surface area contributed by atoms with Gasteiger partial charge in [-0.25, -0.2) is 0 Å². The summed E-state index contributed by atoms with van der Waals surface area (Å²) < 4.78 is 1.96. The standard InChI is InChI=1S/C14H27N5/c1-11-7-12(2)13(3)18(9-11)5-6-19-10-14(8-15-4)16-17-19/h10-13,15H,5-9H2,1-4H3. The summed E-state index contributed by atoms with van der Waals surface area (Å²) in [6, 6.07) is 0.677. The number of likely N-dealkylation sites (tertiary alicyclic amines) is 1. The molecule has 1 aromatic rings. The van der Waals surface area contributed by atoms with Crippen molar-refractivity contribution >= 4 is 0 Å². The summed E-state index contributed by atoms with van der Waals surface area (Å²) in [5.41, 5.74) is 1.01. The maximum absolute atomic E-state index is 4.18. The maximum Gasteiger partial charge on any atom is 0.0964 e. The van der Waals surface area contributed by atoms with Crippen molar-refractivity contribution in [2.24, 2.45) is 11.8 Å². The van der Waals surface area contributed by atoms with Crippen LogP contribution in [0.5, 0.6) is 0 Å². The molecular formula is C14H27N5. The van der Waals surface area contributed by atoms with Crippen LogP contribution in [0.4, 0.5) is 0 Å². The van der Waals surface area contributed by atoms with Crippen molar-refractivity contribution in [1.29, 1.82) is 0 Å². The highest BCUT2D eigenvalue weighted by molar-refractivity contribution is 4.91. The van der Waals surface area contributed by atoms with Crippen LogP contribution in [0.1, 0.15) is 32.9 Å². The van der Waals surface area contributed by atoms with E-state index in [9.17, 15) is 0 Å². The molecule has 2 heterocycles. The lowest BCUT2D eigenvalue weighted by Crippen LogP contribution is -2.46. The summed E-state index contributed by atoms with van der Waals surface area (Å²) in [5, 5.41) is 11.4. The lowest BCUT2D eigenvalue weighted by Gasteiger charge is -2.41. The first-order valence-corrected chi connectivity index (χ1v) is 7.37. The van der Waals surface area contributed by atoms with Gasteiger partial charge in [0.15, 0.2) is 0 Å². The molecule has 1 N–H and O–H groups in total. The van der Waals surface area contributed by atoms with Crippen LogP contribution < -0.4 is 5.32 Å². The molecule has 0 aromatic carbocycles. The molecule has 1 aromatic heterocycles. The van der Waals surface area contributed by atoms with Crippen LogP contribution in [-0.4, -0.2) is 46.1 Å². The van der Waals surface area contributed by atoms with Crippen LogP contribution in [0.15, 0.2) is 6.20 Å². The average Bonchev–Trinajstić information content (AvgIpc) is 2.80. The number of hydrogen-bond acceptors (Lipinski definition) is 4. The quantitative estimate of drug-likeness (QED) is 0.873. The van der Waals surface area contributed by atoms with Crippen LogP contribution in [0.25, 0.3) is 0 Å². The molecule has 5 nitrogen and oxygen atoms in total. The van der Waals surface area contributed by atoms with Gasteiger partial charge in [-0.3, -0.25) is 9.58 Å². The van der Waals surface area contributed by atoms with E-state index in [4.69, 9.17) is 0 Å². The molecule has 3 unspecified atom stereocenters. The summed E-state index contributed by atoms with van der Waals surface area (Å²) in [4.78, 5) is 2.60. The molecule has 1 aliphatic rings. The molecule has 0 spiro atoms. The Morgan fingerprint density at radius 1 is 1.32 bits per heavy atom. The molecular weight excluding hydrogens is 238 g/mol. The van der Waals surface area contributed by atoms with E-state index in [-0.39, 0.29) is 0 Å². The Bertz CT molecular complexity index is 389. The van der Waals surface area contributed by atoms with E-state index in [1.165, 1.54) is 13.0 Å². The largest absolute Gasteiger partial charge is 0.314 e. The zero-order valence-corrected chi connectivity index (χ0v) is 12.6. The zero-order chi connectivity index (χ0) is 13.8. The van der Waals surface area contributed by atoms with Gasteiger partial charge in [0.05, 0.1) is 12.2 Å². The number of aromatic nitrogens is 3. The third-order valence-electron chi connectivity index (χ3n) is 4.28. The van der Waals surface area contributed by atoms with Gasteiger partial charge in [-0.2, -0.15) is 0 Å². The molecule has 1 fully saturated rings. The van der Waals surface area contributed by atoms with Gasteiger partial charge in [0.1, 0.15) is 0 Å². The fourth-order valence-electron chi connectivity index (χ4n) is 3.07. The van der Waals surface area contributed by atoms with Gasteiger partial charge in [-0.05, 0) is 32.2 Å². The molecule has 0 aliphatic carbocycles. The van der Waals surface area contributed by atoms with E-state index in [0.29, 0.717) is 6.04 Å². The Labute approximate surface area is 116 Å². The minimum absolute atomic E-state index is 0.677. The van der Waals surface area contributed by atoms with Crippen LogP contribution >= 0.6 is 0 Å². The Morgan fingerprint density at radius 2 is 2.11 bits per heavy atom. The SMILES string of the molecule is CNCc1cn(CCN2CC(C)CC(C)C2C)nn1. The van der Waals surface area contributed by atoms with Crippen molar-refractivity contribution in [3.05, 3.63) is 11.9 Å². The van der Waals surface area contributed by atoms with E-state index in [0.717, 1.165) is 37.2 Å². The summed E-state index contributed by atoms with van der Waals surface area (Å²) in [5.74, 6) is 1.60. The first kappa shape index (κ1) is 14.5. The highest BCUT2D eigenvalue weighted by Crippen LogP contribution is 2.26. The molecule has 108 valence electrons. The average molecular weight is 265 g/mol. The van der Waals surface area contributed by atoms with Gasteiger partial charge in [-0.15, -0.1) is 5.10 Å². The summed E-state index contributed by atoms with van der Waals surface area (Å²) in [7, 11) is 1.93. The van der Waals surface area contributed by atoms with Crippen molar-refractivity contribution in [3.8, 4) is 0 Å². The zero-order valence-electron chi connectivity index (χ0n) is 12.6. The van der Waals surface area contributed by atoms with Gasteiger partial charge in [0.2, 0.25) is 0 Å². The molecule has 0 radical (unpaired) electrons. The van der Waals surface area contributed by atoms with Crippen LogP contribution in [-0.2, 0) is 13.1 Å². The van der Waals surface area contributed by atoms with Crippen molar-refractivity contribution in [3.63, 3.8) is 0 Å². The second kappa shape index (κ2) is 6.48. The molecule has 0 amide bonds. The fraction of sp³-hybridized carbons (Fsp3) is 0.857. The van der Waals surface area contributed by atoms with E-state index in [2.05, 4.69) is 41.3 Å². The van der Waals surface area contributed by atoms with Crippen molar-refractivity contribution in [2.45, 2.75) is 46.3 Å². The lowest BCUT2D eigenvalue weighted by molar-refractivity contribution is 0.0754. The lowest BCUT2D eigenvalue weighted by atomic mass is 9.86. The van der Waals surface area contributed by atoms with E-state index in [1.54, 1.807) is 0 Å². The summed E-state index contributed by atoms with van der Waals surface area (Å²) in [6.45, 7) is 11.1. The smallest absolute Gasteiger partial charge is 0.0964 e. The third kappa shape index (κ3) is 3.76. The molecule has 19 heavy (non-hydrogen) atoms. The molecule has 2 rings (SSSR count). The van der Waals surface area contributed by atoms with Gasteiger partial charge in [0, 0.05) is 31.9 Å². The number of piperidine rings is 1. The molecule has 5 heteroatoms. The summed E-state index contributed by atoms with van der Waals surface area (Å²) in [6.07, 6.45) is 3.39.